The van der Waals surface area contributed by atoms with Crippen molar-refractivity contribution in [2.45, 2.75) is 31.7 Å². The number of anilines is 2. The molecule has 0 spiro atoms. The van der Waals surface area contributed by atoms with Crippen LogP contribution in [0.25, 0.3) is 16.8 Å². The normalized spacial score (nSPS) is 10.8. The van der Waals surface area contributed by atoms with Crippen LogP contribution in [0.15, 0.2) is 72.0 Å². The Morgan fingerprint density at radius 1 is 1.06 bits per heavy atom. The Hall–Kier alpha value is -3.85. The standard InChI is InChI=1S/C26H27N5O3S/c1-3-4-15-34-24-8-6-5-7-21(24)22-16-23-26(27-13-14-31(23)30-22)35-17-25(33)29-20-11-9-19(10-12-20)28-18(2)32/h5-14,16H,3-4,15,17H2,1-2H3,(H,28,32)(H,29,33). The summed E-state index contributed by atoms with van der Waals surface area (Å²) in [5.41, 5.74) is 3.86. The number of aromatic nitrogens is 3. The number of nitrogens with zero attached hydrogens (tertiary/aromatic N) is 3. The van der Waals surface area contributed by atoms with E-state index in [1.807, 2.05) is 30.3 Å². The molecule has 4 rings (SSSR count). The minimum atomic E-state index is -0.152. The first-order chi connectivity index (χ1) is 17.0. The van der Waals surface area contributed by atoms with Crippen molar-refractivity contribution in [2.24, 2.45) is 0 Å². The summed E-state index contributed by atoms with van der Waals surface area (Å²) in [5.74, 6) is 0.698. The first kappa shape index (κ1) is 24.3. The lowest BCUT2D eigenvalue weighted by Crippen LogP contribution is -2.14. The largest absolute Gasteiger partial charge is 0.493 e. The number of fused-ring (bicyclic) bond motifs is 1. The first-order valence-corrected chi connectivity index (χ1v) is 12.4. The number of ether oxygens (including phenoxy) is 1. The van der Waals surface area contributed by atoms with Crippen molar-refractivity contribution in [3.8, 4) is 17.0 Å². The van der Waals surface area contributed by atoms with Crippen molar-refractivity contribution >= 4 is 40.5 Å². The smallest absolute Gasteiger partial charge is 0.234 e. The molecular formula is C26H27N5O3S. The fourth-order valence-electron chi connectivity index (χ4n) is 3.44. The monoisotopic (exact) mass is 489 g/mol. The molecule has 0 aliphatic carbocycles. The van der Waals surface area contributed by atoms with Crippen LogP contribution in [0.3, 0.4) is 0 Å². The average Bonchev–Trinajstić information content (AvgIpc) is 3.29. The molecule has 0 atom stereocenters. The Labute approximate surface area is 208 Å². The zero-order valence-corrected chi connectivity index (χ0v) is 20.5. The highest BCUT2D eigenvalue weighted by atomic mass is 32.2. The average molecular weight is 490 g/mol. The molecule has 2 N–H and O–H groups in total. The Morgan fingerprint density at radius 3 is 2.54 bits per heavy atom. The van der Waals surface area contributed by atoms with E-state index in [0.29, 0.717) is 23.0 Å². The summed E-state index contributed by atoms with van der Waals surface area (Å²) in [7, 11) is 0. The zero-order chi connectivity index (χ0) is 24.6. The van der Waals surface area contributed by atoms with Crippen LogP contribution in [0.5, 0.6) is 5.75 Å². The molecule has 0 fully saturated rings. The molecule has 9 heteroatoms. The molecule has 2 heterocycles. The molecule has 2 aromatic heterocycles. The number of hydrogen-bond acceptors (Lipinski definition) is 6. The number of thioether (sulfide) groups is 1. The number of benzene rings is 2. The highest BCUT2D eigenvalue weighted by Crippen LogP contribution is 2.32. The maximum atomic E-state index is 12.5. The van der Waals surface area contributed by atoms with E-state index in [1.54, 1.807) is 41.2 Å². The van der Waals surface area contributed by atoms with Crippen LogP contribution in [-0.2, 0) is 9.59 Å². The van der Waals surface area contributed by atoms with Gasteiger partial charge >= 0.3 is 0 Å². The van der Waals surface area contributed by atoms with Crippen molar-refractivity contribution in [3.63, 3.8) is 0 Å². The zero-order valence-electron chi connectivity index (χ0n) is 19.7. The van der Waals surface area contributed by atoms with Gasteiger partial charge in [0.15, 0.2) is 0 Å². The summed E-state index contributed by atoms with van der Waals surface area (Å²) in [5, 5.41) is 11.0. The lowest BCUT2D eigenvalue weighted by molar-refractivity contribution is -0.114. The Kier molecular flexibility index (Phi) is 7.99. The van der Waals surface area contributed by atoms with Crippen molar-refractivity contribution in [1.82, 2.24) is 14.6 Å². The molecule has 8 nitrogen and oxygen atoms in total. The van der Waals surface area contributed by atoms with Gasteiger partial charge in [0.1, 0.15) is 10.8 Å². The van der Waals surface area contributed by atoms with E-state index in [9.17, 15) is 9.59 Å². The van der Waals surface area contributed by atoms with Crippen molar-refractivity contribution < 1.29 is 14.3 Å². The molecule has 180 valence electrons. The van der Waals surface area contributed by atoms with E-state index in [-0.39, 0.29) is 17.6 Å². The minimum absolute atomic E-state index is 0.143. The molecule has 0 saturated carbocycles. The molecule has 2 aromatic carbocycles. The van der Waals surface area contributed by atoms with Gasteiger partial charge < -0.3 is 15.4 Å². The number of carbonyl (C=O) groups excluding carboxylic acids is 2. The number of amides is 2. The van der Waals surface area contributed by atoms with E-state index >= 15 is 0 Å². The van der Waals surface area contributed by atoms with Crippen molar-refractivity contribution in [2.75, 3.05) is 23.0 Å². The Morgan fingerprint density at radius 2 is 1.80 bits per heavy atom. The van der Waals surface area contributed by atoms with E-state index in [1.165, 1.54) is 18.7 Å². The summed E-state index contributed by atoms with van der Waals surface area (Å²) in [6, 6.07) is 16.8. The third-order valence-electron chi connectivity index (χ3n) is 5.10. The van der Waals surface area contributed by atoms with E-state index in [0.717, 1.165) is 35.4 Å². The third kappa shape index (κ3) is 6.39. The van der Waals surface area contributed by atoms with Crippen molar-refractivity contribution in [3.05, 3.63) is 67.0 Å². The maximum absolute atomic E-state index is 12.5. The predicted octanol–water partition coefficient (Wildman–Crippen LogP) is 5.26. The van der Waals surface area contributed by atoms with E-state index in [4.69, 9.17) is 9.84 Å². The van der Waals surface area contributed by atoms with Crippen LogP contribution in [-0.4, -0.2) is 38.8 Å². The van der Waals surface area contributed by atoms with Crippen LogP contribution in [0, 0.1) is 0 Å². The lowest BCUT2D eigenvalue weighted by Gasteiger charge is -2.09. The molecule has 4 aromatic rings. The van der Waals surface area contributed by atoms with Gasteiger partial charge in [0, 0.05) is 36.3 Å². The lowest BCUT2D eigenvalue weighted by atomic mass is 10.1. The van der Waals surface area contributed by atoms with Gasteiger partial charge in [-0.2, -0.15) is 5.10 Å². The van der Waals surface area contributed by atoms with Crippen LogP contribution in [0.2, 0.25) is 0 Å². The minimum Gasteiger partial charge on any atom is -0.493 e. The maximum Gasteiger partial charge on any atom is 0.234 e. The van der Waals surface area contributed by atoms with Crippen LogP contribution in [0.1, 0.15) is 26.7 Å². The first-order valence-electron chi connectivity index (χ1n) is 11.4. The molecular weight excluding hydrogens is 462 g/mol. The second kappa shape index (κ2) is 11.5. The van der Waals surface area contributed by atoms with Gasteiger partial charge in [-0.3, -0.25) is 9.59 Å². The summed E-state index contributed by atoms with van der Waals surface area (Å²) in [6.45, 7) is 4.24. The molecule has 35 heavy (non-hydrogen) atoms. The van der Waals surface area contributed by atoms with Gasteiger partial charge in [0.2, 0.25) is 11.8 Å². The topological polar surface area (TPSA) is 97.6 Å². The molecule has 0 saturated heterocycles. The van der Waals surface area contributed by atoms with Gasteiger partial charge in [-0.15, -0.1) is 0 Å². The summed E-state index contributed by atoms with van der Waals surface area (Å²) >= 11 is 1.35. The highest BCUT2D eigenvalue weighted by Gasteiger charge is 2.14. The van der Waals surface area contributed by atoms with Crippen LogP contribution < -0.4 is 15.4 Å². The Balaban J connectivity index is 1.45. The number of para-hydroxylation sites is 1. The second-order valence-corrected chi connectivity index (χ2v) is 8.85. The van der Waals surface area contributed by atoms with Gasteiger partial charge in [0.25, 0.3) is 0 Å². The Bertz CT molecular complexity index is 1320. The van der Waals surface area contributed by atoms with Gasteiger partial charge in [0.05, 0.1) is 23.6 Å². The van der Waals surface area contributed by atoms with Gasteiger partial charge in [-0.1, -0.05) is 37.2 Å². The number of carbonyl (C=O) groups is 2. The second-order valence-electron chi connectivity index (χ2n) is 7.89. The SMILES string of the molecule is CCCCOc1ccccc1-c1cc2c(SCC(=O)Nc3ccc(NC(C)=O)cc3)nccn2n1. The summed E-state index contributed by atoms with van der Waals surface area (Å²) in [6.07, 6.45) is 5.53. The predicted molar refractivity (Wildman–Crippen MR) is 139 cm³/mol. The highest BCUT2D eigenvalue weighted by molar-refractivity contribution is 8.00. The number of unbranched alkanes of at least 4 members (excludes halogenated alkanes) is 1. The fourth-order valence-corrected chi connectivity index (χ4v) is 4.22. The molecule has 0 unspecified atom stereocenters. The molecule has 2 amide bonds. The number of rotatable bonds is 10. The molecule has 0 radical (unpaired) electrons. The number of hydrogen-bond donors (Lipinski definition) is 2. The summed E-state index contributed by atoms with van der Waals surface area (Å²) < 4.78 is 7.75. The fraction of sp³-hybridized carbons (Fsp3) is 0.231. The quantitative estimate of drug-likeness (QED) is 0.233. The molecule has 0 aliphatic heterocycles. The third-order valence-corrected chi connectivity index (χ3v) is 6.10. The number of nitrogens with one attached hydrogen (secondary N) is 2. The van der Waals surface area contributed by atoms with Gasteiger partial charge in [-0.25, -0.2) is 9.50 Å². The van der Waals surface area contributed by atoms with Crippen LogP contribution in [0.4, 0.5) is 11.4 Å². The van der Waals surface area contributed by atoms with Gasteiger partial charge in [-0.05, 0) is 48.9 Å². The summed E-state index contributed by atoms with van der Waals surface area (Å²) in [4.78, 5) is 28.1. The van der Waals surface area contributed by atoms with Crippen molar-refractivity contribution in [1.29, 1.82) is 0 Å². The van der Waals surface area contributed by atoms with Crippen LogP contribution >= 0.6 is 11.8 Å². The van der Waals surface area contributed by atoms with E-state index in [2.05, 4.69) is 22.5 Å². The van der Waals surface area contributed by atoms with E-state index < -0.39 is 0 Å². The molecule has 0 aliphatic rings. The molecule has 0 bridgehead atoms.